The highest BCUT2D eigenvalue weighted by Gasteiger charge is 2.30. The Morgan fingerprint density at radius 3 is 2.66 bits per heavy atom. The number of para-hydroxylation sites is 1. The molecule has 148 valence electrons. The third-order valence-electron chi connectivity index (χ3n) is 4.85. The van der Waals surface area contributed by atoms with Crippen molar-refractivity contribution in [3.63, 3.8) is 0 Å². The first kappa shape index (κ1) is 18.9. The molecule has 2 heterocycles. The van der Waals surface area contributed by atoms with Crippen LogP contribution < -0.4 is 5.56 Å². The molecule has 1 saturated heterocycles. The maximum atomic E-state index is 13.1. The SMILES string of the molecule is Cc1ccc(-n2c(CCC(=O)O[C@@H]3CCOC3=O)nc3ccccc3c2=O)cc1. The van der Waals surface area contributed by atoms with Crippen LogP contribution in [0.1, 0.15) is 24.2 Å². The molecule has 0 radical (unpaired) electrons. The normalized spacial score (nSPS) is 16.0. The van der Waals surface area contributed by atoms with Crippen molar-refractivity contribution in [3.05, 3.63) is 70.3 Å². The number of benzene rings is 2. The Morgan fingerprint density at radius 2 is 1.93 bits per heavy atom. The van der Waals surface area contributed by atoms with E-state index in [2.05, 4.69) is 4.98 Å². The summed E-state index contributed by atoms with van der Waals surface area (Å²) in [7, 11) is 0. The van der Waals surface area contributed by atoms with Crippen molar-refractivity contribution < 1.29 is 19.1 Å². The summed E-state index contributed by atoms with van der Waals surface area (Å²) in [6.07, 6.45) is -0.270. The number of fused-ring (bicyclic) bond motifs is 1. The number of hydrogen-bond acceptors (Lipinski definition) is 6. The zero-order valence-electron chi connectivity index (χ0n) is 16.0. The molecule has 4 rings (SSSR count). The van der Waals surface area contributed by atoms with Gasteiger partial charge in [-0.2, -0.15) is 0 Å². The van der Waals surface area contributed by atoms with Gasteiger partial charge in [0, 0.05) is 12.8 Å². The topological polar surface area (TPSA) is 87.5 Å². The first-order valence-electron chi connectivity index (χ1n) is 9.47. The van der Waals surface area contributed by atoms with Crippen LogP contribution in [0.25, 0.3) is 16.6 Å². The lowest BCUT2D eigenvalue weighted by molar-refractivity contribution is -0.160. The molecule has 1 aromatic heterocycles. The Balaban J connectivity index is 1.66. The number of hydrogen-bond donors (Lipinski definition) is 0. The Bertz CT molecular complexity index is 1130. The van der Waals surface area contributed by atoms with Crippen molar-refractivity contribution in [2.75, 3.05) is 6.61 Å². The maximum absolute atomic E-state index is 13.1. The monoisotopic (exact) mass is 392 g/mol. The summed E-state index contributed by atoms with van der Waals surface area (Å²) in [4.78, 5) is 41.5. The van der Waals surface area contributed by atoms with Crippen molar-refractivity contribution in [2.24, 2.45) is 0 Å². The Morgan fingerprint density at radius 1 is 1.17 bits per heavy atom. The van der Waals surface area contributed by atoms with E-state index in [1.165, 1.54) is 4.57 Å². The molecule has 1 aliphatic rings. The Labute approximate surface area is 166 Å². The second-order valence-electron chi connectivity index (χ2n) is 6.96. The van der Waals surface area contributed by atoms with E-state index in [1.807, 2.05) is 37.3 Å². The molecule has 0 aliphatic carbocycles. The molecule has 3 aromatic rings. The zero-order chi connectivity index (χ0) is 20.4. The van der Waals surface area contributed by atoms with Crippen LogP contribution in [0.4, 0.5) is 0 Å². The second-order valence-corrected chi connectivity index (χ2v) is 6.96. The molecule has 1 fully saturated rings. The lowest BCUT2D eigenvalue weighted by Crippen LogP contribution is -2.26. The van der Waals surface area contributed by atoms with Gasteiger partial charge >= 0.3 is 11.9 Å². The van der Waals surface area contributed by atoms with Crippen molar-refractivity contribution in [1.82, 2.24) is 9.55 Å². The lowest BCUT2D eigenvalue weighted by Gasteiger charge is -2.14. The first-order valence-corrected chi connectivity index (χ1v) is 9.47. The quantitative estimate of drug-likeness (QED) is 0.620. The van der Waals surface area contributed by atoms with Crippen molar-refractivity contribution in [3.8, 4) is 5.69 Å². The number of nitrogens with zero attached hydrogens (tertiary/aromatic N) is 2. The molecular weight excluding hydrogens is 372 g/mol. The van der Waals surface area contributed by atoms with E-state index in [0.717, 1.165) is 5.56 Å². The smallest absolute Gasteiger partial charge is 0.347 e. The second kappa shape index (κ2) is 7.87. The molecule has 29 heavy (non-hydrogen) atoms. The fourth-order valence-corrected chi connectivity index (χ4v) is 3.32. The van der Waals surface area contributed by atoms with Crippen LogP contribution in [0.3, 0.4) is 0 Å². The molecule has 0 amide bonds. The van der Waals surface area contributed by atoms with Gasteiger partial charge in [-0.05, 0) is 31.2 Å². The summed E-state index contributed by atoms with van der Waals surface area (Å²) in [5.74, 6) is -0.575. The minimum atomic E-state index is -0.841. The Kier molecular flexibility index (Phi) is 5.12. The molecule has 0 unspecified atom stereocenters. The third kappa shape index (κ3) is 3.89. The summed E-state index contributed by atoms with van der Waals surface area (Å²) < 4.78 is 11.5. The van der Waals surface area contributed by atoms with Gasteiger partial charge in [-0.3, -0.25) is 14.2 Å². The summed E-state index contributed by atoms with van der Waals surface area (Å²) >= 11 is 0. The fourth-order valence-electron chi connectivity index (χ4n) is 3.32. The fraction of sp³-hybridized carbons (Fsp3) is 0.273. The predicted octanol–water partition coefficient (Wildman–Crippen LogP) is 2.49. The van der Waals surface area contributed by atoms with Crippen LogP contribution in [0.15, 0.2) is 53.3 Å². The molecule has 7 heteroatoms. The number of carbonyl (C=O) groups excluding carboxylic acids is 2. The van der Waals surface area contributed by atoms with Crippen molar-refractivity contribution in [2.45, 2.75) is 32.3 Å². The van der Waals surface area contributed by atoms with Gasteiger partial charge in [0.2, 0.25) is 6.10 Å². The van der Waals surface area contributed by atoms with E-state index < -0.39 is 18.0 Å². The number of carbonyl (C=O) groups is 2. The van der Waals surface area contributed by atoms with Crippen LogP contribution in [-0.4, -0.2) is 34.2 Å². The van der Waals surface area contributed by atoms with E-state index in [9.17, 15) is 14.4 Å². The van der Waals surface area contributed by atoms with E-state index >= 15 is 0 Å². The predicted molar refractivity (Wildman–Crippen MR) is 106 cm³/mol. The molecule has 0 bridgehead atoms. The third-order valence-corrected chi connectivity index (χ3v) is 4.85. The minimum absolute atomic E-state index is 0.000418. The average Bonchev–Trinajstić information content (AvgIpc) is 3.12. The highest BCUT2D eigenvalue weighted by molar-refractivity contribution is 5.81. The summed E-state index contributed by atoms with van der Waals surface area (Å²) in [6.45, 7) is 2.23. The highest BCUT2D eigenvalue weighted by atomic mass is 16.6. The molecular formula is C22H20N2O5. The number of aromatic nitrogens is 2. The maximum Gasteiger partial charge on any atom is 0.347 e. The molecule has 0 spiro atoms. The average molecular weight is 392 g/mol. The van der Waals surface area contributed by atoms with Crippen LogP contribution in [0.2, 0.25) is 0 Å². The largest absolute Gasteiger partial charge is 0.463 e. The van der Waals surface area contributed by atoms with Crippen molar-refractivity contribution in [1.29, 1.82) is 0 Å². The summed E-state index contributed by atoms with van der Waals surface area (Å²) in [5.41, 5.74) is 2.14. The van der Waals surface area contributed by atoms with Gasteiger partial charge in [-0.25, -0.2) is 9.78 Å². The van der Waals surface area contributed by atoms with Crippen LogP contribution in [0.5, 0.6) is 0 Å². The van der Waals surface area contributed by atoms with E-state index in [-0.39, 0.29) is 25.0 Å². The van der Waals surface area contributed by atoms with Gasteiger partial charge in [0.1, 0.15) is 5.82 Å². The number of cyclic esters (lactones) is 1. The molecule has 2 aromatic carbocycles. The molecule has 0 saturated carbocycles. The number of ether oxygens (including phenoxy) is 2. The molecule has 7 nitrogen and oxygen atoms in total. The zero-order valence-corrected chi connectivity index (χ0v) is 16.0. The van der Waals surface area contributed by atoms with E-state index in [1.54, 1.807) is 18.2 Å². The van der Waals surface area contributed by atoms with E-state index in [4.69, 9.17) is 9.47 Å². The Hall–Kier alpha value is -3.48. The van der Waals surface area contributed by atoms with Crippen LogP contribution in [-0.2, 0) is 25.5 Å². The summed E-state index contributed by atoms with van der Waals surface area (Å²) in [6, 6.07) is 14.7. The number of esters is 2. The number of rotatable bonds is 5. The van der Waals surface area contributed by atoms with Crippen LogP contribution in [0, 0.1) is 6.92 Å². The number of aryl methyl sites for hydroxylation is 2. The van der Waals surface area contributed by atoms with Gasteiger partial charge in [0.15, 0.2) is 0 Å². The summed E-state index contributed by atoms with van der Waals surface area (Å²) in [5, 5.41) is 0.508. The van der Waals surface area contributed by atoms with Gasteiger partial charge < -0.3 is 9.47 Å². The molecule has 0 N–H and O–H groups in total. The highest BCUT2D eigenvalue weighted by Crippen LogP contribution is 2.16. The molecule has 1 aliphatic heterocycles. The first-order chi connectivity index (χ1) is 14.0. The lowest BCUT2D eigenvalue weighted by atomic mass is 10.2. The minimum Gasteiger partial charge on any atom is -0.463 e. The van der Waals surface area contributed by atoms with Gasteiger partial charge in [-0.15, -0.1) is 0 Å². The van der Waals surface area contributed by atoms with Crippen LogP contribution >= 0.6 is 0 Å². The van der Waals surface area contributed by atoms with Gasteiger partial charge in [0.05, 0.1) is 29.6 Å². The van der Waals surface area contributed by atoms with Gasteiger partial charge in [-0.1, -0.05) is 29.8 Å². The van der Waals surface area contributed by atoms with E-state index in [0.29, 0.717) is 28.8 Å². The standard InChI is InChI=1S/C22H20N2O5/c1-14-6-8-15(9-7-14)24-19(23-17-5-3-2-4-16(17)21(24)26)10-11-20(25)29-18-12-13-28-22(18)27/h2-9,18H,10-13H2,1H3/t18-/m1/s1. The van der Waals surface area contributed by atoms with Gasteiger partial charge in [0.25, 0.3) is 5.56 Å². The molecule has 1 atom stereocenters. The van der Waals surface area contributed by atoms with Crippen molar-refractivity contribution >= 4 is 22.8 Å².